The SMILES string of the molecule is COc1cccc(/C=C/C(=O)OCC(=O)c2ccc(C)cc2C)c1OC(F)F. The van der Waals surface area contributed by atoms with Gasteiger partial charge in [0.2, 0.25) is 5.78 Å². The highest BCUT2D eigenvalue weighted by molar-refractivity contribution is 6.00. The number of ketones is 1. The monoisotopic (exact) mass is 390 g/mol. The number of benzene rings is 2. The van der Waals surface area contributed by atoms with Crippen LogP contribution < -0.4 is 9.47 Å². The minimum atomic E-state index is -3.05. The van der Waals surface area contributed by atoms with Crippen molar-refractivity contribution in [3.05, 3.63) is 64.7 Å². The Kier molecular flexibility index (Phi) is 7.26. The van der Waals surface area contributed by atoms with Crippen molar-refractivity contribution in [2.45, 2.75) is 20.5 Å². The third kappa shape index (κ3) is 5.64. The predicted molar refractivity (Wildman–Crippen MR) is 99.9 cm³/mol. The first-order valence-corrected chi connectivity index (χ1v) is 8.39. The molecular formula is C21H20F2O5. The first-order chi connectivity index (χ1) is 13.3. The summed E-state index contributed by atoms with van der Waals surface area (Å²) < 4.78 is 39.6. The Morgan fingerprint density at radius 1 is 1.14 bits per heavy atom. The van der Waals surface area contributed by atoms with Gasteiger partial charge in [0, 0.05) is 17.2 Å². The first-order valence-electron chi connectivity index (χ1n) is 8.39. The minimum absolute atomic E-state index is 0.0980. The van der Waals surface area contributed by atoms with E-state index in [1.54, 1.807) is 25.1 Å². The molecular weight excluding hydrogens is 370 g/mol. The van der Waals surface area contributed by atoms with E-state index >= 15 is 0 Å². The molecule has 0 saturated heterocycles. The van der Waals surface area contributed by atoms with E-state index in [1.165, 1.54) is 25.3 Å². The molecule has 2 rings (SSSR count). The zero-order chi connectivity index (χ0) is 20.7. The van der Waals surface area contributed by atoms with Gasteiger partial charge >= 0.3 is 12.6 Å². The molecule has 0 unspecified atom stereocenters. The van der Waals surface area contributed by atoms with Crippen LogP contribution in [0.15, 0.2) is 42.5 Å². The molecule has 0 radical (unpaired) electrons. The Balaban J connectivity index is 2.05. The average molecular weight is 390 g/mol. The fourth-order valence-corrected chi connectivity index (χ4v) is 2.59. The molecule has 0 N–H and O–H groups in total. The number of aryl methyl sites for hydroxylation is 2. The maximum absolute atomic E-state index is 12.6. The number of hydrogen-bond donors (Lipinski definition) is 0. The molecule has 0 aliphatic heterocycles. The van der Waals surface area contributed by atoms with Gasteiger partial charge in [-0.2, -0.15) is 8.78 Å². The van der Waals surface area contributed by atoms with Crippen molar-refractivity contribution in [1.82, 2.24) is 0 Å². The van der Waals surface area contributed by atoms with Gasteiger partial charge in [0.15, 0.2) is 18.1 Å². The summed E-state index contributed by atoms with van der Waals surface area (Å²) in [5.74, 6) is -1.22. The third-order valence-electron chi connectivity index (χ3n) is 3.86. The summed E-state index contributed by atoms with van der Waals surface area (Å²) in [7, 11) is 1.31. The number of hydrogen-bond acceptors (Lipinski definition) is 5. The van der Waals surface area contributed by atoms with Gasteiger partial charge in [0.05, 0.1) is 7.11 Å². The van der Waals surface area contributed by atoms with Crippen molar-refractivity contribution in [2.75, 3.05) is 13.7 Å². The van der Waals surface area contributed by atoms with Crippen molar-refractivity contribution < 1.29 is 32.6 Å². The number of alkyl halides is 2. The lowest BCUT2D eigenvalue weighted by Gasteiger charge is -2.12. The maximum Gasteiger partial charge on any atom is 0.387 e. The molecule has 0 aromatic heterocycles. The lowest BCUT2D eigenvalue weighted by molar-refractivity contribution is -0.136. The minimum Gasteiger partial charge on any atom is -0.493 e. The van der Waals surface area contributed by atoms with Gasteiger partial charge in [0.1, 0.15) is 0 Å². The Hall–Kier alpha value is -3.22. The molecule has 0 fully saturated rings. The molecule has 2 aromatic carbocycles. The van der Waals surface area contributed by atoms with Gasteiger partial charge in [-0.1, -0.05) is 35.9 Å². The quantitative estimate of drug-likeness (QED) is 0.381. The first kappa shape index (κ1) is 21.1. The van der Waals surface area contributed by atoms with Crippen LogP contribution in [-0.4, -0.2) is 32.1 Å². The lowest BCUT2D eigenvalue weighted by atomic mass is 10.0. The summed E-state index contributed by atoms with van der Waals surface area (Å²) in [6.07, 6.45) is 2.28. The molecule has 28 heavy (non-hydrogen) atoms. The van der Waals surface area contributed by atoms with E-state index in [2.05, 4.69) is 4.74 Å². The smallest absolute Gasteiger partial charge is 0.387 e. The second kappa shape index (κ2) is 9.64. The van der Waals surface area contributed by atoms with Crippen molar-refractivity contribution in [1.29, 1.82) is 0 Å². The van der Waals surface area contributed by atoms with E-state index in [0.29, 0.717) is 5.56 Å². The van der Waals surface area contributed by atoms with Gasteiger partial charge in [-0.05, 0) is 31.6 Å². The second-order valence-corrected chi connectivity index (χ2v) is 5.94. The summed E-state index contributed by atoms with van der Waals surface area (Å²) in [6, 6.07) is 9.84. The van der Waals surface area contributed by atoms with Crippen molar-refractivity contribution in [3.63, 3.8) is 0 Å². The van der Waals surface area contributed by atoms with Gasteiger partial charge in [-0.3, -0.25) is 4.79 Å². The summed E-state index contributed by atoms with van der Waals surface area (Å²) >= 11 is 0. The zero-order valence-corrected chi connectivity index (χ0v) is 15.7. The standard InChI is InChI=1S/C21H20F2O5/c1-13-7-9-16(14(2)11-13)17(24)12-27-19(25)10-8-15-5-4-6-18(26-3)20(15)28-21(22)23/h4-11,21H,12H2,1-3H3/b10-8+. The van der Waals surface area contributed by atoms with Crippen LogP contribution in [0.4, 0.5) is 8.78 Å². The molecule has 148 valence electrons. The summed E-state index contributed by atoms with van der Waals surface area (Å²) in [6.45, 7) is 0.239. The number of Topliss-reactive ketones (excluding diaryl/α,β-unsaturated/α-hetero) is 1. The molecule has 0 heterocycles. The number of rotatable bonds is 8. The normalized spacial score (nSPS) is 10.9. The van der Waals surface area contributed by atoms with E-state index in [9.17, 15) is 18.4 Å². The lowest BCUT2D eigenvalue weighted by Crippen LogP contribution is -2.13. The average Bonchev–Trinajstić information content (AvgIpc) is 2.64. The summed E-state index contributed by atoms with van der Waals surface area (Å²) in [5.41, 5.74) is 2.50. The van der Waals surface area contributed by atoms with Gasteiger partial charge in [0.25, 0.3) is 0 Å². The fourth-order valence-electron chi connectivity index (χ4n) is 2.59. The molecule has 0 amide bonds. The van der Waals surface area contributed by atoms with E-state index in [-0.39, 0.29) is 22.8 Å². The largest absolute Gasteiger partial charge is 0.493 e. The van der Waals surface area contributed by atoms with Gasteiger partial charge < -0.3 is 14.2 Å². The molecule has 0 saturated carbocycles. The van der Waals surface area contributed by atoms with Crippen LogP contribution in [0.1, 0.15) is 27.0 Å². The number of para-hydroxylation sites is 1. The third-order valence-corrected chi connectivity index (χ3v) is 3.86. The summed E-state index contributed by atoms with van der Waals surface area (Å²) in [4.78, 5) is 24.1. The van der Waals surface area contributed by atoms with Crippen molar-refractivity contribution in [2.24, 2.45) is 0 Å². The predicted octanol–water partition coefficient (Wildman–Crippen LogP) is 4.35. The highest BCUT2D eigenvalue weighted by atomic mass is 19.3. The highest BCUT2D eigenvalue weighted by Gasteiger charge is 2.15. The van der Waals surface area contributed by atoms with Crippen LogP contribution in [0.3, 0.4) is 0 Å². The number of carbonyl (C=O) groups is 2. The molecule has 0 aliphatic rings. The van der Waals surface area contributed by atoms with Gasteiger partial charge in [-0.15, -0.1) is 0 Å². The van der Waals surface area contributed by atoms with Crippen molar-refractivity contribution >= 4 is 17.8 Å². The molecule has 7 heteroatoms. The number of esters is 1. The Morgan fingerprint density at radius 3 is 2.54 bits per heavy atom. The van der Waals surface area contributed by atoms with E-state index in [1.807, 2.05) is 13.0 Å². The molecule has 0 atom stereocenters. The zero-order valence-electron chi connectivity index (χ0n) is 15.7. The maximum atomic E-state index is 12.6. The number of halogens is 2. The topological polar surface area (TPSA) is 61.8 Å². The van der Waals surface area contributed by atoms with Crippen LogP contribution >= 0.6 is 0 Å². The Morgan fingerprint density at radius 2 is 1.89 bits per heavy atom. The number of ether oxygens (including phenoxy) is 3. The Bertz CT molecular complexity index is 890. The second-order valence-electron chi connectivity index (χ2n) is 5.94. The molecule has 2 aromatic rings. The highest BCUT2D eigenvalue weighted by Crippen LogP contribution is 2.33. The van der Waals surface area contributed by atoms with E-state index < -0.39 is 19.2 Å². The van der Waals surface area contributed by atoms with Crippen molar-refractivity contribution in [3.8, 4) is 11.5 Å². The molecule has 5 nitrogen and oxygen atoms in total. The molecule has 0 spiro atoms. The van der Waals surface area contributed by atoms with Crippen LogP contribution in [0.2, 0.25) is 0 Å². The van der Waals surface area contributed by atoms with Crippen LogP contribution in [0.5, 0.6) is 11.5 Å². The van der Waals surface area contributed by atoms with Crippen LogP contribution in [0.25, 0.3) is 6.08 Å². The fraction of sp³-hybridized carbons (Fsp3) is 0.238. The summed E-state index contributed by atoms with van der Waals surface area (Å²) in [5, 5.41) is 0. The molecule has 0 bridgehead atoms. The Labute approximate surface area is 161 Å². The van der Waals surface area contributed by atoms with Crippen LogP contribution in [-0.2, 0) is 9.53 Å². The van der Waals surface area contributed by atoms with Gasteiger partial charge in [-0.25, -0.2) is 4.79 Å². The molecule has 0 aliphatic carbocycles. The number of methoxy groups -OCH3 is 1. The van der Waals surface area contributed by atoms with Crippen LogP contribution in [0, 0.1) is 13.8 Å². The van der Waals surface area contributed by atoms with E-state index in [0.717, 1.165) is 17.2 Å². The van der Waals surface area contributed by atoms with E-state index in [4.69, 9.17) is 9.47 Å². The number of carbonyl (C=O) groups excluding carboxylic acids is 2.